The highest BCUT2D eigenvalue weighted by molar-refractivity contribution is 5.13. The predicted molar refractivity (Wildman–Crippen MR) is 237 cm³/mol. The van der Waals surface area contributed by atoms with Crippen molar-refractivity contribution < 1.29 is 14.2 Å². The lowest BCUT2D eigenvalue weighted by molar-refractivity contribution is 0.0113. The standard InChI is InChI=1S/C8H13N.3C7H11NO.C7H13N.C7H11N.5CH4/c1-2-7-5-4-6(5)8(3-1)9-7;1-4-2-7-6(8-4)3-5(1)9-7;2*1-2-4-6-7(9-6)5(3-1)8-4;2*1-2-6-4-5-7(3-1)8-6;;;;;/h5-9H,1-4H2;3*4-8H,1-3H2;6-8H,1-5H2;4-8H,1-3H2;5*1H4. The summed E-state index contributed by atoms with van der Waals surface area (Å²) in [5.74, 6) is 2.25. The van der Waals surface area contributed by atoms with Crippen molar-refractivity contribution >= 4 is 0 Å². The summed E-state index contributed by atoms with van der Waals surface area (Å²) in [6, 6.07) is 9.65. The van der Waals surface area contributed by atoms with Gasteiger partial charge in [0.25, 0.3) is 0 Å². The zero-order chi connectivity index (χ0) is 34.2. The predicted octanol–water partition coefficient (Wildman–Crippen LogP) is 7.52. The fraction of sp³-hybridized carbons (Fsp3) is 0.958. The second kappa shape index (κ2) is 19.6. The minimum absolute atomic E-state index is 0. The van der Waals surface area contributed by atoms with Crippen LogP contribution in [0.15, 0.2) is 12.2 Å². The smallest absolute Gasteiger partial charge is 0.101 e. The van der Waals surface area contributed by atoms with Gasteiger partial charge < -0.3 is 46.1 Å². The Kier molecular flexibility index (Phi) is 15.8. The zero-order valence-corrected chi connectivity index (χ0v) is 31.8. The molecule has 1 saturated carbocycles. The number of piperidine rings is 7. The molecule has 9 nitrogen and oxygen atoms in total. The number of ether oxygens (including phenoxy) is 3. The molecule has 17 rings (SSSR count). The molecule has 0 amide bonds. The van der Waals surface area contributed by atoms with Gasteiger partial charge >= 0.3 is 0 Å². The molecule has 0 spiro atoms. The van der Waals surface area contributed by atoms with Gasteiger partial charge in [-0.25, -0.2) is 0 Å². The first-order valence-electron chi connectivity index (χ1n) is 22.9. The average molecular weight is 799 g/mol. The van der Waals surface area contributed by atoms with Crippen molar-refractivity contribution in [2.75, 3.05) is 0 Å². The number of rotatable bonds is 0. The lowest BCUT2D eigenvalue weighted by atomic mass is 10.0. The third-order valence-electron chi connectivity index (χ3n) is 16.3. The lowest BCUT2D eigenvalue weighted by Gasteiger charge is -2.24. The lowest BCUT2D eigenvalue weighted by Crippen LogP contribution is -2.39. The van der Waals surface area contributed by atoms with Gasteiger partial charge in [0.05, 0.1) is 12.2 Å². The van der Waals surface area contributed by atoms with Crippen LogP contribution in [0.25, 0.3) is 0 Å². The summed E-state index contributed by atoms with van der Waals surface area (Å²) in [5, 5.41) is 21.4. The highest BCUT2D eigenvalue weighted by atomic mass is 16.6. The van der Waals surface area contributed by atoms with Gasteiger partial charge in [0.2, 0.25) is 0 Å². The van der Waals surface area contributed by atoms with Gasteiger partial charge in [-0.2, -0.15) is 0 Å². The molecule has 20 unspecified atom stereocenters. The molecule has 330 valence electrons. The Labute approximate surface area is 350 Å². The molecule has 0 aromatic heterocycles. The van der Waals surface area contributed by atoms with Crippen LogP contribution in [0.3, 0.4) is 0 Å². The Morgan fingerprint density at radius 1 is 0.333 bits per heavy atom. The Balaban J connectivity index is 0.000000114. The van der Waals surface area contributed by atoms with E-state index >= 15 is 0 Å². The van der Waals surface area contributed by atoms with Crippen LogP contribution in [0.5, 0.6) is 0 Å². The fourth-order valence-electron chi connectivity index (χ4n) is 13.5. The molecule has 15 saturated heterocycles. The normalized spacial score (nSPS) is 51.1. The van der Waals surface area contributed by atoms with Gasteiger partial charge in [-0.15, -0.1) is 0 Å². The molecule has 0 aromatic rings. The first-order chi connectivity index (χ1) is 25.7. The van der Waals surface area contributed by atoms with E-state index in [0.717, 1.165) is 84.3 Å². The highest BCUT2D eigenvalue weighted by Gasteiger charge is 2.58. The molecule has 16 heterocycles. The Morgan fingerprint density at radius 2 is 0.789 bits per heavy atom. The molecule has 17 aliphatic rings. The molecule has 16 fully saturated rings. The van der Waals surface area contributed by atoms with Gasteiger partial charge in [0.15, 0.2) is 0 Å². The minimum Gasteiger partial charge on any atom is -0.373 e. The van der Waals surface area contributed by atoms with E-state index in [1.54, 1.807) is 6.42 Å². The van der Waals surface area contributed by atoms with E-state index in [2.05, 4.69) is 44.1 Å². The SMILES string of the molecule is C.C.C.C.C.C1=CC2CCCC1N2.C1C2CC3OC1CC3N2.C1CC2CCC(C1)N2.C1CC2NC(C1)C1CC21.C1CC2NC(C1)C1OC21.C1CC2NC(C1)C1OC21. The molecule has 57 heavy (non-hydrogen) atoms. The first kappa shape index (κ1) is 45.9. The summed E-state index contributed by atoms with van der Waals surface area (Å²) in [5.41, 5.74) is 0. The van der Waals surface area contributed by atoms with Crippen LogP contribution in [0.1, 0.15) is 172 Å². The van der Waals surface area contributed by atoms with Gasteiger partial charge in [-0.1, -0.05) is 75.0 Å². The van der Waals surface area contributed by atoms with Crippen molar-refractivity contribution in [1.82, 2.24) is 31.9 Å². The third kappa shape index (κ3) is 10.0. The summed E-state index contributed by atoms with van der Waals surface area (Å²) in [7, 11) is 0. The van der Waals surface area contributed by atoms with Crippen LogP contribution in [0, 0.1) is 11.8 Å². The van der Waals surface area contributed by atoms with Crippen molar-refractivity contribution in [3.63, 3.8) is 0 Å². The topological polar surface area (TPSA) is 106 Å². The molecule has 9 heteroatoms. The number of hydrogen-bond donors (Lipinski definition) is 6. The second-order valence-electron chi connectivity index (χ2n) is 19.9. The van der Waals surface area contributed by atoms with Crippen molar-refractivity contribution in [2.24, 2.45) is 11.8 Å². The Hall–Kier alpha value is -0.620. The van der Waals surface area contributed by atoms with Crippen molar-refractivity contribution in [2.45, 2.75) is 281 Å². The molecule has 14 bridgehead atoms. The molecule has 6 N–H and O–H groups in total. The van der Waals surface area contributed by atoms with E-state index in [9.17, 15) is 0 Å². The molecule has 0 aromatic carbocycles. The summed E-state index contributed by atoms with van der Waals surface area (Å²) in [4.78, 5) is 0. The maximum absolute atomic E-state index is 5.69. The molecular weight excluding hydrogens is 709 g/mol. The number of epoxide rings is 2. The van der Waals surface area contributed by atoms with Crippen LogP contribution in [-0.4, -0.2) is 109 Å². The maximum atomic E-state index is 5.69. The van der Waals surface area contributed by atoms with E-state index in [1.165, 1.54) is 128 Å². The number of morpholine rings is 2. The fourth-order valence-corrected chi connectivity index (χ4v) is 13.5. The average Bonchev–Trinajstić information content (AvgIpc) is 4.13. The van der Waals surface area contributed by atoms with E-state index in [1.807, 2.05) is 0 Å². The van der Waals surface area contributed by atoms with Gasteiger partial charge in [-0.3, -0.25) is 0 Å². The van der Waals surface area contributed by atoms with Crippen LogP contribution >= 0.6 is 0 Å². The van der Waals surface area contributed by atoms with Crippen molar-refractivity contribution in [3.8, 4) is 0 Å². The molecule has 20 atom stereocenters. The summed E-state index contributed by atoms with van der Waals surface area (Å²) in [6.45, 7) is 0. The molecule has 1 aliphatic carbocycles. The van der Waals surface area contributed by atoms with E-state index in [4.69, 9.17) is 14.2 Å². The molecule has 0 radical (unpaired) electrons. The zero-order valence-electron chi connectivity index (χ0n) is 31.8. The molecule has 16 aliphatic heterocycles. The highest BCUT2D eigenvalue weighted by Crippen LogP contribution is 2.53. The summed E-state index contributed by atoms with van der Waals surface area (Å²) < 4.78 is 16.6. The van der Waals surface area contributed by atoms with Crippen LogP contribution in [-0.2, 0) is 14.2 Å². The van der Waals surface area contributed by atoms with Gasteiger partial charge in [0, 0.05) is 72.5 Å². The Bertz CT molecular complexity index is 1110. The van der Waals surface area contributed by atoms with E-state index < -0.39 is 0 Å². The minimum atomic E-state index is 0. The monoisotopic (exact) mass is 799 g/mol. The first-order valence-corrected chi connectivity index (χ1v) is 22.9. The largest absolute Gasteiger partial charge is 0.373 e. The number of hydrogen-bond acceptors (Lipinski definition) is 9. The van der Waals surface area contributed by atoms with E-state index in [0.29, 0.717) is 36.6 Å². The van der Waals surface area contributed by atoms with Gasteiger partial charge in [-0.05, 0) is 121 Å². The van der Waals surface area contributed by atoms with Crippen LogP contribution in [0.2, 0.25) is 0 Å². The quantitative estimate of drug-likeness (QED) is 0.110. The summed E-state index contributed by atoms with van der Waals surface area (Å²) >= 11 is 0. The Morgan fingerprint density at radius 3 is 1.19 bits per heavy atom. The van der Waals surface area contributed by atoms with Crippen molar-refractivity contribution in [3.05, 3.63) is 12.2 Å². The van der Waals surface area contributed by atoms with Crippen LogP contribution in [0.4, 0.5) is 0 Å². The molecular formula is C48H90N6O3. The number of fused-ring (bicyclic) bond motifs is 19. The third-order valence-corrected chi connectivity index (χ3v) is 16.3. The van der Waals surface area contributed by atoms with E-state index in [-0.39, 0.29) is 37.1 Å². The van der Waals surface area contributed by atoms with Gasteiger partial charge in [0.1, 0.15) is 24.4 Å². The second-order valence-corrected chi connectivity index (χ2v) is 19.9. The number of nitrogens with one attached hydrogen (secondary N) is 6. The van der Waals surface area contributed by atoms with Crippen LogP contribution < -0.4 is 31.9 Å². The van der Waals surface area contributed by atoms with Crippen molar-refractivity contribution in [1.29, 1.82) is 0 Å². The maximum Gasteiger partial charge on any atom is 0.101 e. The summed E-state index contributed by atoms with van der Waals surface area (Å²) in [6.07, 6.45) is 37.7.